The topological polar surface area (TPSA) is 0 Å². The predicted molar refractivity (Wildman–Crippen MR) is 28.0 cm³/mol. The Balaban J connectivity index is 0. The first-order valence-electron chi connectivity index (χ1n) is 0.338. The van der Waals surface area contributed by atoms with Crippen molar-refractivity contribution in [1.82, 2.24) is 0 Å². The zero-order valence-electron chi connectivity index (χ0n) is 1.78. The summed E-state index contributed by atoms with van der Waals surface area (Å²) in [5.74, 6) is 0. The Kier molecular flexibility index (Phi) is 24.1. The molecule has 0 aromatic rings. The van der Waals surface area contributed by atoms with E-state index in [0.29, 0.717) is 9.47 Å². The molecule has 22 valence electrons. The Bertz CT molecular complexity index is 6.00. The molecule has 0 aromatic carbocycles. The summed E-state index contributed by atoms with van der Waals surface area (Å²) < 4.78 is 0. The molecule has 0 nitrogen and oxygen atoms in total. The molecule has 0 saturated heterocycles. The van der Waals surface area contributed by atoms with Crippen LogP contribution in [0.5, 0.6) is 0 Å². The minimum Gasteiger partial charge on any atom is 0 e. The molecule has 0 rings (SSSR count). The maximum Gasteiger partial charge on any atom is 0 e. The van der Waals surface area contributed by atoms with Crippen molar-refractivity contribution in [2.75, 3.05) is 0 Å². The zero-order valence-corrected chi connectivity index (χ0v) is 10.3. The second-order valence-corrected chi connectivity index (χ2v) is 11.9. The molecule has 4 heavy (non-hydrogen) atoms. The van der Waals surface area contributed by atoms with E-state index in [1.165, 1.54) is 0 Å². The van der Waals surface area contributed by atoms with Crippen LogP contribution < -0.4 is 0 Å². The van der Waals surface area contributed by atoms with Gasteiger partial charge < -0.3 is 0 Å². The van der Waals surface area contributed by atoms with Crippen LogP contribution in [-0.2, 0) is 42.2 Å². The molecular weight excluding hydrogens is 394 g/mol. The molecule has 0 aliphatic heterocycles. The molecule has 0 aromatic heterocycles. The van der Waals surface area contributed by atoms with Gasteiger partial charge in [0.15, 0.2) is 0 Å². The van der Waals surface area contributed by atoms with Crippen molar-refractivity contribution >= 4 is 40.0 Å². The minimum atomic E-state index is 0. The van der Waals surface area contributed by atoms with Gasteiger partial charge in [-0.2, -0.15) is 0 Å². The van der Waals surface area contributed by atoms with Crippen molar-refractivity contribution < 1.29 is 42.2 Å². The third kappa shape index (κ3) is 8.94. The van der Waals surface area contributed by atoms with E-state index in [-0.39, 0.29) is 32.7 Å². The second-order valence-electron chi connectivity index (χ2n) is 0.0639. The second kappa shape index (κ2) is 9.47. The van der Waals surface area contributed by atoms with Crippen molar-refractivity contribution in [1.29, 1.82) is 0 Å². The summed E-state index contributed by atoms with van der Waals surface area (Å²) in [5.41, 5.74) is 0. The maximum absolute atomic E-state index is 2.37. The summed E-state index contributed by atoms with van der Waals surface area (Å²) in [6.07, 6.45) is 0. The van der Waals surface area contributed by atoms with Crippen molar-refractivity contribution in [3.05, 3.63) is 0 Å². The van der Waals surface area contributed by atoms with E-state index < -0.39 is 0 Å². The molecule has 0 bridgehead atoms. The van der Waals surface area contributed by atoms with Gasteiger partial charge in [0.1, 0.15) is 0 Å². The Morgan fingerprint density at radius 3 is 1.25 bits per heavy atom. The van der Waals surface area contributed by atoms with Crippen LogP contribution in [0.15, 0.2) is 0 Å². The summed E-state index contributed by atoms with van der Waals surface area (Å²) in [6.45, 7) is 0. The van der Waals surface area contributed by atoms with Gasteiger partial charge in [-0.1, -0.05) is 0 Å². The van der Waals surface area contributed by atoms with E-state index in [4.69, 9.17) is 0 Å². The van der Waals surface area contributed by atoms with Crippen LogP contribution in [0.2, 0.25) is 0 Å². The van der Waals surface area contributed by atoms with Gasteiger partial charge in [-0.3, -0.25) is 0 Å². The van der Waals surface area contributed by atoms with Crippen molar-refractivity contribution in [2.45, 2.75) is 0 Å². The summed E-state index contributed by atoms with van der Waals surface area (Å²) >= 11 is 4.74. The molecule has 4 heteroatoms. The predicted octanol–water partition coefficient (Wildman–Crippen LogP) is 1.77. The Labute approximate surface area is 80.0 Å². The van der Waals surface area contributed by atoms with Crippen LogP contribution in [0.25, 0.3) is 0 Å². The molecule has 0 aliphatic rings. The molecule has 0 amide bonds. The fourth-order valence-electron chi connectivity index (χ4n) is 0. The number of halogens is 2. The average molecular weight is 394 g/mol. The third-order valence-corrected chi connectivity index (χ3v) is 0. The SMILES string of the molecule is [I][V][I].[Y]. The van der Waals surface area contributed by atoms with Crippen LogP contribution in [0.3, 0.4) is 0 Å². The quantitative estimate of drug-likeness (QED) is 0.550. The standard InChI is InChI=1S/2HI.V.Y/h2*1H;;/q;;+2;/p-2. The zero-order chi connectivity index (χ0) is 2.71. The van der Waals surface area contributed by atoms with Crippen LogP contribution >= 0.6 is 40.0 Å². The molecule has 0 fully saturated rings. The molecule has 0 heterocycles. The fourth-order valence-corrected chi connectivity index (χ4v) is 0. The van der Waals surface area contributed by atoms with E-state index in [9.17, 15) is 0 Å². The van der Waals surface area contributed by atoms with Gasteiger partial charge in [0.25, 0.3) is 0 Å². The first-order chi connectivity index (χ1) is 1.41. The van der Waals surface area contributed by atoms with Crippen molar-refractivity contribution in [3.8, 4) is 0 Å². The number of hydrogen-bond acceptors (Lipinski definition) is 0. The smallest absolute Gasteiger partial charge is 0 e. The van der Waals surface area contributed by atoms with Crippen LogP contribution in [-0.4, -0.2) is 0 Å². The van der Waals surface area contributed by atoms with Gasteiger partial charge in [-0.05, 0) is 0 Å². The molecule has 0 atom stereocenters. The van der Waals surface area contributed by atoms with E-state index in [1.54, 1.807) is 0 Å². The Hall–Kier alpha value is 3.15. The monoisotopic (exact) mass is 394 g/mol. The first-order valence-corrected chi connectivity index (χ1v) is 9.35. The summed E-state index contributed by atoms with van der Waals surface area (Å²) in [6, 6.07) is 0. The molecule has 0 unspecified atom stereocenters. The molecule has 1 radical (unpaired) electrons. The first kappa shape index (κ1) is 10.2. The van der Waals surface area contributed by atoms with Gasteiger partial charge in [0.05, 0.1) is 0 Å². The van der Waals surface area contributed by atoms with Gasteiger partial charge in [-0.25, -0.2) is 0 Å². The maximum atomic E-state index is 2.37. The van der Waals surface area contributed by atoms with Gasteiger partial charge in [0, 0.05) is 32.7 Å². The molecule has 0 N–H and O–H groups in total. The van der Waals surface area contributed by atoms with E-state index in [0.717, 1.165) is 0 Å². The fraction of sp³-hybridized carbons (Fsp3) is 0. The van der Waals surface area contributed by atoms with Gasteiger partial charge >= 0.3 is 49.4 Å². The molecule has 0 saturated carbocycles. The van der Waals surface area contributed by atoms with Crippen LogP contribution in [0.1, 0.15) is 0 Å². The van der Waals surface area contributed by atoms with E-state index in [2.05, 4.69) is 40.0 Å². The van der Waals surface area contributed by atoms with E-state index >= 15 is 0 Å². The summed E-state index contributed by atoms with van der Waals surface area (Å²) in [7, 11) is 0.628. The van der Waals surface area contributed by atoms with Crippen LogP contribution in [0.4, 0.5) is 0 Å². The van der Waals surface area contributed by atoms with E-state index in [1.807, 2.05) is 0 Å². The molecular formula is I2VY. The average Bonchev–Trinajstić information content (AvgIpc) is 0.918. The third-order valence-electron chi connectivity index (χ3n) is 0. The van der Waals surface area contributed by atoms with Gasteiger partial charge in [-0.15, -0.1) is 0 Å². The van der Waals surface area contributed by atoms with Crippen molar-refractivity contribution in [3.63, 3.8) is 0 Å². The minimum absolute atomic E-state index is 0. The molecule has 0 spiro atoms. The number of rotatable bonds is 0. The Morgan fingerprint density at radius 2 is 1.25 bits per heavy atom. The summed E-state index contributed by atoms with van der Waals surface area (Å²) in [4.78, 5) is 0. The van der Waals surface area contributed by atoms with Crippen LogP contribution in [0, 0.1) is 0 Å². The summed E-state index contributed by atoms with van der Waals surface area (Å²) in [5, 5.41) is 0. The normalized spacial score (nSPS) is 3.50. The largest absolute Gasteiger partial charge is 0 e. The number of hydrogen-bond donors (Lipinski definition) is 0. The van der Waals surface area contributed by atoms with Gasteiger partial charge in [0.2, 0.25) is 0 Å². The Morgan fingerprint density at radius 1 is 1.25 bits per heavy atom. The molecule has 0 aliphatic carbocycles. The van der Waals surface area contributed by atoms with Crippen molar-refractivity contribution in [2.24, 2.45) is 0 Å².